The van der Waals surface area contributed by atoms with Gasteiger partial charge in [-0.1, -0.05) is 29.3 Å². The molecule has 0 unspecified atom stereocenters. The average Bonchev–Trinajstić information content (AvgIpc) is 2.53. The molecule has 1 heterocycles. The minimum absolute atomic E-state index is 0.640. The lowest BCUT2D eigenvalue weighted by Crippen LogP contribution is -2.42. The van der Waals surface area contributed by atoms with Gasteiger partial charge in [0, 0.05) is 17.1 Å². The van der Waals surface area contributed by atoms with Crippen molar-refractivity contribution >= 4 is 15.9 Å². The van der Waals surface area contributed by atoms with Crippen molar-refractivity contribution in [3.63, 3.8) is 0 Å². The van der Waals surface area contributed by atoms with Crippen LogP contribution in [0.4, 0.5) is 0 Å². The van der Waals surface area contributed by atoms with Crippen molar-refractivity contribution in [3.05, 3.63) is 28.2 Å². The molecule has 0 spiro atoms. The molecule has 21 heavy (non-hydrogen) atoms. The summed E-state index contributed by atoms with van der Waals surface area (Å²) < 4.78 is 6.45. The van der Waals surface area contributed by atoms with Crippen LogP contribution in [-0.2, 0) is 6.54 Å². The van der Waals surface area contributed by atoms with Gasteiger partial charge < -0.3 is 15.0 Å². The van der Waals surface area contributed by atoms with E-state index in [0.717, 1.165) is 16.8 Å². The number of unbranched alkanes of at least 4 members (excludes halogenated alkanes) is 1. The topological polar surface area (TPSA) is 24.5 Å². The Labute approximate surface area is 137 Å². The molecular weight excluding hydrogens is 328 g/mol. The fourth-order valence-electron chi connectivity index (χ4n) is 2.81. The smallest absolute Gasteiger partial charge is 0.119 e. The molecule has 0 atom stereocenters. The van der Waals surface area contributed by atoms with Crippen molar-refractivity contribution in [2.45, 2.75) is 45.2 Å². The normalized spacial score (nSPS) is 17.1. The number of hydrogen-bond donors (Lipinski definition) is 1. The van der Waals surface area contributed by atoms with Gasteiger partial charge in [0.15, 0.2) is 0 Å². The highest BCUT2D eigenvalue weighted by Gasteiger charge is 2.18. The second-order valence-corrected chi connectivity index (χ2v) is 6.66. The summed E-state index contributed by atoms with van der Waals surface area (Å²) in [4.78, 5) is 2.60. The van der Waals surface area contributed by atoms with Crippen molar-refractivity contribution in [2.75, 3.05) is 26.7 Å². The van der Waals surface area contributed by atoms with E-state index in [0.29, 0.717) is 6.04 Å². The van der Waals surface area contributed by atoms with Gasteiger partial charge in [0.25, 0.3) is 0 Å². The van der Waals surface area contributed by atoms with Crippen LogP contribution >= 0.6 is 15.9 Å². The zero-order valence-corrected chi connectivity index (χ0v) is 14.8. The zero-order valence-electron chi connectivity index (χ0n) is 13.2. The van der Waals surface area contributed by atoms with E-state index < -0.39 is 0 Å². The Balaban J connectivity index is 1.77. The van der Waals surface area contributed by atoms with Gasteiger partial charge >= 0.3 is 0 Å². The number of rotatable bonds is 7. The lowest BCUT2D eigenvalue weighted by molar-refractivity contribution is 0.195. The quantitative estimate of drug-likeness (QED) is 0.805. The molecule has 1 saturated heterocycles. The number of nitrogens with zero attached hydrogens (tertiary/aromatic N) is 1. The Kier molecular flexibility index (Phi) is 7.00. The molecule has 1 aromatic carbocycles. The Morgan fingerprint density at radius 2 is 2.10 bits per heavy atom. The van der Waals surface area contributed by atoms with E-state index in [-0.39, 0.29) is 0 Å². The van der Waals surface area contributed by atoms with Crippen LogP contribution in [-0.4, -0.2) is 37.7 Å². The maximum absolute atomic E-state index is 5.30. The highest BCUT2D eigenvalue weighted by molar-refractivity contribution is 9.10. The number of benzene rings is 1. The highest BCUT2D eigenvalue weighted by atomic mass is 79.9. The van der Waals surface area contributed by atoms with Crippen molar-refractivity contribution < 1.29 is 4.74 Å². The van der Waals surface area contributed by atoms with Crippen LogP contribution in [0.3, 0.4) is 0 Å². The summed E-state index contributed by atoms with van der Waals surface area (Å²) in [6, 6.07) is 6.79. The molecule has 0 bridgehead atoms. The van der Waals surface area contributed by atoms with Crippen LogP contribution in [0.15, 0.2) is 22.7 Å². The van der Waals surface area contributed by atoms with E-state index in [4.69, 9.17) is 4.74 Å². The summed E-state index contributed by atoms with van der Waals surface area (Å²) in [6.07, 6.45) is 5.13. The highest BCUT2D eigenvalue weighted by Crippen LogP contribution is 2.23. The van der Waals surface area contributed by atoms with Crippen molar-refractivity contribution in [1.82, 2.24) is 10.2 Å². The SMILES string of the molecule is CCCCN1CCC(NCc2cc(OC)ccc2Br)CC1. The second kappa shape index (κ2) is 8.76. The Morgan fingerprint density at radius 1 is 1.33 bits per heavy atom. The number of hydrogen-bond acceptors (Lipinski definition) is 3. The number of likely N-dealkylation sites (tertiary alicyclic amines) is 1. The Hall–Kier alpha value is -0.580. The molecule has 2 rings (SSSR count). The Morgan fingerprint density at radius 3 is 2.76 bits per heavy atom. The lowest BCUT2D eigenvalue weighted by atomic mass is 10.0. The number of halogens is 1. The molecule has 0 saturated carbocycles. The summed E-state index contributed by atoms with van der Waals surface area (Å²) >= 11 is 3.62. The lowest BCUT2D eigenvalue weighted by Gasteiger charge is -2.32. The average molecular weight is 355 g/mol. The molecule has 1 N–H and O–H groups in total. The largest absolute Gasteiger partial charge is 0.497 e. The van der Waals surface area contributed by atoms with Gasteiger partial charge in [-0.3, -0.25) is 0 Å². The van der Waals surface area contributed by atoms with E-state index in [2.05, 4.69) is 45.2 Å². The van der Waals surface area contributed by atoms with E-state index in [1.807, 2.05) is 6.07 Å². The maximum atomic E-state index is 5.30. The number of ether oxygens (including phenoxy) is 1. The fourth-order valence-corrected chi connectivity index (χ4v) is 3.20. The van der Waals surface area contributed by atoms with Gasteiger partial charge in [-0.2, -0.15) is 0 Å². The first kappa shape index (κ1) is 16.8. The van der Waals surface area contributed by atoms with Gasteiger partial charge in [0.1, 0.15) is 5.75 Å². The number of piperidine rings is 1. The third-order valence-electron chi connectivity index (χ3n) is 4.25. The fraction of sp³-hybridized carbons (Fsp3) is 0.647. The predicted octanol–water partition coefficient (Wildman–Crippen LogP) is 3.81. The molecule has 1 fully saturated rings. The van der Waals surface area contributed by atoms with Crippen LogP contribution in [0.25, 0.3) is 0 Å². The van der Waals surface area contributed by atoms with Gasteiger partial charge in [-0.15, -0.1) is 0 Å². The van der Waals surface area contributed by atoms with Crippen molar-refractivity contribution in [1.29, 1.82) is 0 Å². The number of nitrogens with one attached hydrogen (secondary N) is 1. The minimum Gasteiger partial charge on any atom is -0.497 e. The van der Waals surface area contributed by atoms with E-state index in [9.17, 15) is 0 Å². The van der Waals surface area contributed by atoms with Crippen LogP contribution in [0.1, 0.15) is 38.2 Å². The van der Waals surface area contributed by atoms with E-state index >= 15 is 0 Å². The summed E-state index contributed by atoms with van der Waals surface area (Å²) in [6.45, 7) is 6.90. The summed E-state index contributed by atoms with van der Waals surface area (Å²) in [5.74, 6) is 0.921. The van der Waals surface area contributed by atoms with Crippen LogP contribution in [0, 0.1) is 0 Å². The third-order valence-corrected chi connectivity index (χ3v) is 5.02. The van der Waals surface area contributed by atoms with Gasteiger partial charge in [0.05, 0.1) is 7.11 Å². The standard InChI is InChI=1S/C17H27BrN2O/c1-3-4-9-20-10-7-15(8-11-20)19-13-14-12-16(21-2)5-6-17(14)18/h5-6,12,15,19H,3-4,7-11,13H2,1-2H3. The van der Waals surface area contributed by atoms with Crippen molar-refractivity contribution in [3.8, 4) is 5.75 Å². The molecule has 1 aliphatic heterocycles. The summed E-state index contributed by atoms with van der Waals surface area (Å²) in [5, 5.41) is 3.69. The molecule has 0 aromatic heterocycles. The monoisotopic (exact) mass is 354 g/mol. The summed E-state index contributed by atoms with van der Waals surface area (Å²) in [5.41, 5.74) is 1.27. The van der Waals surface area contributed by atoms with Crippen LogP contribution < -0.4 is 10.1 Å². The molecule has 118 valence electrons. The molecule has 3 nitrogen and oxygen atoms in total. The van der Waals surface area contributed by atoms with Crippen molar-refractivity contribution in [2.24, 2.45) is 0 Å². The van der Waals surface area contributed by atoms with Crippen LogP contribution in [0.5, 0.6) is 5.75 Å². The molecule has 1 aromatic rings. The molecule has 0 aliphatic carbocycles. The van der Waals surface area contributed by atoms with Gasteiger partial charge in [0.2, 0.25) is 0 Å². The van der Waals surface area contributed by atoms with E-state index in [1.165, 1.54) is 50.9 Å². The van der Waals surface area contributed by atoms with Crippen LogP contribution in [0.2, 0.25) is 0 Å². The van der Waals surface area contributed by atoms with E-state index in [1.54, 1.807) is 7.11 Å². The predicted molar refractivity (Wildman–Crippen MR) is 91.9 cm³/mol. The molecule has 0 radical (unpaired) electrons. The first-order valence-corrected chi connectivity index (χ1v) is 8.80. The Bertz CT molecular complexity index is 431. The first-order chi connectivity index (χ1) is 10.2. The minimum atomic E-state index is 0.640. The molecule has 4 heteroatoms. The summed E-state index contributed by atoms with van der Waals surface area (Å²) in [7, 11) is 1.71. The number of methoxy groups -OCH3 is 1. The maximum Gasteiger partial charge on any atom is 0.119 e. The molecule has 0 amide bonds. The zero-order chi connectivity index (χ0) is 15.1. The first-order valence-electron chi connectivity index (χ1n) is 8.01. The molecule has 1 aliphatic rings. The second-order valence-electron chi connectivity index (χ2n) is 5.81. The van der Waals surface area contributed by atoms with Gasteiger partial charge in [-0.25, -0.2) is 0 Å². The van der Waals surface area contributed by atoms with Gasteiger partial charge in [-0.05, 0) is 62.7 Å². The third kappa shape index (κ3) is 5.28. The molecular formula is C17H27BrN2O.